The summed E-state index contributed by atoms with van der Waals surface area (Å²) >= 11 is 0. The second-order valence-corrected chi connectivity index (χ2v) is 4.49. The third kappa shape index (κ3) is 3.59. The average molecular weight is 243 g/mol. The monoisotopic (exact) mass is 243 g/mol. The highest BCUT2D eigenvalue weighted by Crippen LogP contribution is 2.18. The van der Waals surface area contributed by atoms with E-state index in [4.69, 9.17) is 15.7 Å². The molecule has 1 saturated heterocycles. The summed E-state index contributed by atoms with van der Waals surface area (Å²) in [6.07, 6.45) is 2.05. The SMILES string of the molecule is COCC1CCCN(C(=O)C(C)C(N)=NO)C1. The Morgan fingerprint density at radius 1 is 1.71 bits per heavy atom. The molecule has 6 nitrogen and oxygen atoms in total. The number of amides is 1. The first-order valence-corrected chi connectivity index (χ1v) is 5.85. The smallest absolute Gasteiger partial charge is 0.233 e. The topological polar surface area (TPSA) is 88.2 Å². The number of oxime groups is 1. The van der Waals surface area contributed by atoms with Gasteiger partial charge in [-0.05, 0) is 25.7 Å². The number of nitrogens with two attached hydrogens (primary N) is 1. The maximum absolute atomic E-state index is 12.1. The lowest BCUT2D eigenvalue weighted by Gasteiger charge is -2.33. The normalized spacial score (nSPS) is 23.5. The van der Waals surface area contributed by atoms with Gasteiger partial charge in [0, 0.05) is 20.2 Å². The van der Waals surface area contributed by atoms with Crippen LogP contribution in [0.4, 0.5) is 0 Å². The Hall–Kier alpha value is -1.30. The second-order valence-electron chi connectivity index (χ2n) is 4.49. The second kappa shape index (κ2) is 6.44. The van der Waals surface area contributed by atoms with Gasteiger partial charge in [0.05, 0.1) is 12.5 Å². The van der Waals surface area contributed by atoms with Crippen LogP contribution in [0.5, 0.6) is 0 Å². The molecule has 1 heterocycles. The number of hydrogen-bond acceptors (Lipinski definition) is 4. The number of likely N-dealkylation sites (tertiary alicyclic amines) is 1. The van der Waals surface area contributed by atoms with Crippen molar-refractivity contribution in [2.75, 3.05) is 26.8 Å². The van der Waals surface area contributed by atoms with E-state index in [-0.39, 0.29) is 11.7 Å². The molecule has 17 heavy (non-hydrogen) atoms. The molecule has 0 aromatic carbocycles. The summed E-state index contributed by atoms with van der Waals surface area (Å²) in [4.78, 5) is 13.8. The zero-order valence-electron chi connectivity index (χ0n) is 10.4. The lowest BCUT2D eigenvalue weighted by molar-refractivity contribution is -0.135. The summed E-state index contributed by atoms with van der Waals surface area (Å²) in [6, 6.07) is 0. The summed E-state index contributed by atoms with van der Waals surface area (Å²) in [7, 11) is 1.67. The Morgan fingerprint density at radius 2 is 2.41 bits per heavy atom. The van der Waals surface area contributed by atoms with Gasteiger partial charge in [-0.15, -0.1) is 0 Å². The molecule has 98 valence electrons. The van der Waals surface area contributed by atoms with E-state index in [9.17, 15) is 4.79 Å². The van der Waals surface area contributed by atoms with Gasteiger partial charge < -0.3 is 20.6 Å². The predicted molar refractivity (Wildman–Crippen MR) is 63.8 cm³/mol. The first kappa shape index (κ1) is 13.8. The Morgan fingerprint density at radius 3 is 3.00 bits per heavy atom. The van der Waals surface area contributed by atoms with Crippen molar-refractivity contribution in [2.45, 2.75) is 19.8 Å². The predicted octanol–water partition coefficient (Wildman–Crippen LogP) is 0.254. The average Bonchev–Trinajstić information content (AvgIpc) is 2.36. The summed E-state index contributed by atoms with van der Waals surface area (Å²) in [5.41, 5.74) is 5.45. The molecule has 3 N–H and O–H groups in total. The molecule has 0 aromatic heterocycles. The number of amidine groups is 1. The van der Waals surface area contributed by atoms with Gasteiger partial charge in [0.1, 0.15) is 0 Å². The summed E-state index contributed by atoms with van der Waals surface area (Å²) < 4.78 is 5.11. The number of nitrogens with zero attached hydrogens (tertiary/aromatic N) is 2. The number of rotatable bonds is 4. The molecule has 1 aliphatic heterocycles. The van der Waals surface area contributed by atoms with Gasteiger partial charge in [-0.2, -0.15) is 0 Å². The zero-order valence-corrected chi connectivity index (χ0v) is 10.4. The van der Waals surface area contributed by atoms with E-state index in [1.807, 2.05) is 0 Å². The molecule has 0 radical (unpaired) electrons. The van der Waals surface area contributed by atoms with Crippen LogP contribution in [0.1, 0.15) is 19.8 Å². The molecule has 2 unspecified atom stereocenters. The van der Waals surface area contributed by atoms with E-state index < -0.39 is 5.92 Å². The van der Waals surface area contributed by atoms with Crippen molar-refractivity contribution in [1.29, 1.82) is 0 Å². The van der Waals surface area contributed by atoms with E-state index in [2.05, 4.69) is 5.16 Å². The lowest BCUT2D eigenvalue weighted by atomic mass is 9.97. The highest BCUT2D eigenvalue weighted by Gasteiger charge is 2.28. The molecule has 6 heteroatoms. The highest BCUT2D eigenvalue weighted by atomic mass is 16.5. The van der Waals surface area contributed by atoms with Crippen LogP contribution in [0.3, 0.4) is 0 Å². The van der Waals surface area contributed by atoms with Crippen LogP contribution in [-0.4, -0.2) is 48.7 Å². The summed E-state index contributed by atoms with van der Waals surface area (Å²) in [6.45, 7) is 3.75. The van der Waals surface area contributed by atoms with E-state index in [1.165, 1.54) is 0 Å². The molecule has 0 spiro atoms. The van der Waals surface area contributed by atoms with Gasteiger partial charge in [-0.3, -0.25) is 4.79 Å². The van der Waals surface area contributed by atoms with Gasteiger partial charge in [-0.25, -0.2) is 0 Å². The van der Waals surface area contributed by atoms with Crippen molar-refractivity contribution in [3.63, 3.8) is 0 Å². The molecule has 0 aliphatic carbocycles. The van der Waals surface area contributed by atoms with Gasteiger partial charge in [0.15, 0.2) is 5.84 Å². The number of carbonyl (C=O) groups is 1. The van der Waals surface area contributed by atoms with Crippen molar-refractivity contribution in [3.05, 3.63) is 0 Å². The maximum atomic E-state index is 12.1. The number of hydrogen-bond donors (Lipinski definition) is 2. The van der Waals surface area contributed by atoms with Crippen molar-refractivity contribution >= 4 is 11.7 Å². The van der Waals surface area contributed by atoms with Crippen LogP contribution in [0, 0.1) is 11.8 Å². The van der Waals surface area contributed by atoms with Crippen molar-refractivity contribution in [3.8, 4) is 0 Å². The Labute approximate surface area is 101 Å². The van der Waals surface area contributed by atoms with Gasteiger partial charge in [0.2, 0.25) is 5.91 Å². The molecular formula is C11H21N3O3. The third-order valence-corrected chi connectivity index (χ3v) is 3.16. The van der Waals surface area contributed by atoms with Gasteiger partial charge >= 0.3 is 0 Å². The van der Waals surface area contributed by atoms with Crippen LogP contribution in [-0.2, 0) is 9.53 Å². The number of carbonyl (C=O) groups excluding carboxylic acids is 1. The first-order valence-electron chi connectivity index (χ1n) is 5.85. The van der Waals surface area contributed by atoms with E-state index in [0.717, 1.165) is 19.4 Å². The van der Waals surface area contributed by atoms with Gasteiger partial charge in [-0.1, -0.05) is 5.16 Å². The van der Waals surface area contributed by atoms with E-state index >= 15 is 0 Å². The molecule has 1 rings (SSSR count). The van der Waals surface area contributed by atoms with Crippen LogP contribution in [0.25, 0.3) is 0 Å². The fourth-order valence-electron chi connectivity index (χ4n) is 2.12. The quantitative estimate of drug-likeness (QED) is 0.321. The van der Waals surface area contributed by atoms with Crippen molar-refractivity contribution < 1.29 is 14.7 Å². The largest absolute Gasteiger partial charge is 0.409 e. The Bertz CT molecular complexity index is 292. The Balaban J connectivity index is 2.57. The maximum Gasteiger partial charge on any atom is 0.233 e. The van der Waals surface area contributed by atoms with Crippen LogP contribution < -0.4 is 5.73 Å². The van der Waals surface area contributed by atoms with E-state index in [1.54, 1.807) is 18.9 Å². The Kier molecular flexibility index (Phi) is 5.21. The molecular weight excluding hydrogens is 222 g/mol. The van der Waals surface area contributed by atoms with Crippen molar-refractivity contribution in [1.82, 2.24) is 4.90 Å². The summed E-state index contributed by atoms with van der Waals surface area (Å²) in [5.74, 6) is -0.302. The minimum absolute atomic E-state index is 0.0381. The minimum Gasteiger partial charge on any atom is -0.409 e. The number of methoxy groups -OCH3 is 1. The van der Waals surface area contributed by atoms with Crippen molar-refractivity contribution in [2.24, 2.45) is 22.7 Å². The fraction of sp³-hybridized carbons (Fsp3) is 0.818. The molecule has 0 saturated carbocycles. The molecule has 1 aliphatic rings. The minimum atomic E-state index is -0.568. The zero-order chi connectivity index (χ0) is 12.8. The molecule has 0 bridgehead atoms. The highest BCUT2D eigenvalue weighted by molar-refractivity contribution is 6.01. The first-order chi connectivity index (χ1) is 8.10. The van der Waals surface area contributed by atoms with Crippen LogP contribution in [0.2, 0.25) is 0 Å². The molecule has 1 fully saturated rings. The molecule has 2 atom stereocenters. The van der Waals surface area contributed by atoms with Gasteiger partial charge in [0.25, 0.3) is 0 Å². The summed E-state index contributed by atoms with van der Waals surface area (Å²) in [5, 5.41) is 11.4. The third-order valence-electron chi connectivity index (χ3n) is 3.16. The molecule has 0 aromatic rings. The number of piperidine rings is 1. The van der Waals surface area contributed by atoms with Crippen LogP contribution >= 0.6 is 0 Å². The number of ether oxygens (including phenoxy) is 1. The molecule has 1 amide bonds. The van der Waals surface area contributed by atoms with Crippen LogP contribution in [0.15, 0.2) is 5.16 Å². The standard InChI is InChI=1S/C11H21N3O3/c1-8(10(12)13-16)11(15)14-5-3-4-9(6-14)7-17-2/h8-9,16H,3-7H2,1-2H3,(H2,12,13). The van der Waals surface area contributed by atoms with E-state index in [0.29, 0.717) is 19.1 Å². The lowest BCUT2D eigenvalue weighted by Crippen LogP contribution is -2.46. The fourth-order valence-corrected chi connectivity index (χ4v) is 2.12.